The Balaban J connectivity index is 1.92. The Labute approximate surface area is 187 Å². The minimum Gasteiger partial charge on any atom is -0.355 e. The molecule has 0 aliphatic carbocycles. The van der Waals surface area contributed by atoms with Gasteiger partial charge in [0.05, 0.1) is 35.1 Å². The van der Waals surface area contributed by atoms with Crippen molar-refractivity contribution in [1.29, 1.82) is 0 Å². The monoisotopic (exact) mass is 482 g/mol. The predicted octanol–water partition coefficient (Wildman–Crippen LogP) is 3.63. The highest BCUT2D eigenvalue weighted by atomic mass is 35.5. The van der Waals surface area contributed by atoms with E-state index in [1.807, 2.05) is 0 Å². The Kier molecular flexibility index (Phi) is 6.75. The fourth-order valence-electron chi connectivity index (χ4n) is 2.60. The van der Waals surface area contributed by atoms with E-state index in [0.29, 0.717) is 11.8 Å². The van der Waals surface area contributed by atoms with Gasteiger partial charge in [-0.05, 0) is 18.2 Å². The molecule has 0 radical (unpaired) electrons. The molecule has 0 saturated carbocycles. The zero-order valence-corrected chi connectivity index (χ0v) is 18.3. The molecule has 13 heteroatoms. The topological polar surface area (TPSA) is 125 Å². The van der Waals surface area contributed by atoms with Crippen molar-refractivity contribution in [3.05, 3.63) is 64.8 Å². The number of anilines is 5. The van der Waals surface area contributed by atoms with Crippen LogP contribution in [-0.4, -0.2) is 37.6 Å². The Morgan fingerprint density at radius 3 is 2.38 bits per heavy atom. The number of nitrogens with one attached hydrogen (secondary N) is 4. The van der Waals surface area contributed by atoms with Crippen LogP contribution < -0.4 is 20.7 Å². The maximum atomic E-state index is 14.2. The number of hydrogen-bond donors (Lipinski definition) is 4. The average Bonchev–Trinajstić information content (AvgIpc) is 2.72. The molecule has 9 nitrogen and oxygen atoms in total. The van der Waals surface area contributed by atoms with Crippen LogP contribution in [0, 0.1) is 11.6 Å². The van der Waals surface area contributed by atoms with E-state index < -0.39 is 27.6 Å². The van der Waals surface area contributed by atoms with E-state index in [2.05, 4.69) is 30.6 Å². The van der Waals surface area contributed by atoms with E-state index in [-0.39, 0.29) is 33.7 Å². The van der Waals surface area contributed by atoms with Gasteiger partial charge in [0.2, 0.25) is 16.0 Å². The number of carbonyl (C=O) groups excluding carboxylic acids is 1. The molecule has 1 amide bonds. The summed E-state index contributed by atoms with van der Waals surface area (Å²) in [6.45, 7) is 0. The zero-order chi connectivity index (χ0) is 23.5. The number of benzene rings is 2. The van der Waals surface area contributed by atoms with Crippen molar-refractivity contribution in [2.45, 2.75) is 0 Å². The van der Waals surface area contributed by atoms with Crippen LogP contribution in [0.5, 0.6) is 0 Å². The van der Waals surface area contributed by atoms with Gasteiger partial charge in [0, 0.05) is 13.1 Å². The van der Waals surface area contributed by atoms with Crippen LogP contribution >= 0.6 is 11.6 Å². The molecular weight excluding hydrogens is 466 g/mol. The average molecular weight is 483 g/mol. The van der Waals surface area contributed by atoms with Crippen LogP contribution in [0.3, 0.4) is 0 Å². The number of hydrogen-bond acceptors (Lipinski definition) is 7. The highest BCUT2D eigenvalue weighted by molar-refractivity contribution is 7.92. The quantitative estimate of drug-likeness (QED) is 0.405. The number of para-hydroxylation sites is 2. The van der Waals surface area contributed by atoms with Gasteiger partial charge in [-0.15, -0.1) is 0 Å². The van der Waals surface area contributed by atoms with E-state index in [1.165, 1.54) is 19.3 Å². The number of aromatic nitrogens is 2. The summed E-state index contributed by atoms with van der Waals surface area (Å²) in [5, 5.41) is 7.81. The molecule has 0 bridgehead atoms. The van der Waals surface area contributed by atoms with Crippen molar-refractivity contribution in [1.82, 2.24) is 15.3 Å². The molecule has 0 spiro atoms. The van der Waals surface area contributed by atoms with E-state index in [0.717, 1.165) is 12.3 Å². The molecule has 1 heterocycles. The highest BCUT2D eigenvalue weighted by Gasteiger charge is 2.17. The number of sulfonamides is 1. The van der Waals surface area contributed by atoms with Crippen molar-refractivity contribution in [2.24, 2.45) is 0 Å². The van der Waals surface area contributed by atoms with Gasteiger partial charge in [0.25, 0.3) is 5.91 Å². The molecule has 168 valence electrons. The number of halogens is 3. The molecule has 3 rings (SSSR count). The first-order valence-corrected chi connectivity index (χ1v) is 11.2. The third-order valence-corrected chi connectivity index (χ3v) is 4.86. The van der Waals surface area contributed by atoms with Crippen molar-refractivity contribution in [2.75, 3.05) is 28.7 Å². The fraction of sp³-hybridized carbons (Fsp3) is 0.105. The van der Waals surface area contributed by atoms with Crippen molar-refractivity contribution in [3.8, 4) is 0 Å². The lowest BCUT2D eigenvalue weighted by Gasteiger charge is -2.14. The second-order valence-electron chi connectivity index (χ2n) is 6.45. The van der Waals surface area contributed by atoms with Crippen molar-refractivity contribution >= 4 is 56.4 Å². The molecule has 0 unspecified atom stereocenters. The molecule has 0 aliphatic rings. The highest BCUT2D eigenvalue weighted by Crippen LogP contribution is 2.30. The molecule has 4 N–H and O–H groups in total. The molecule has 0 aliphatic heterocycles. The van der Waals surface area contributed by atoms with E-state index >= 15 is 0 Å². The van der Waals surface area contributed by atoms with Gasteiger partial charge < -0.3 is 16.0 Å². The molecule has 0 saturated heterocycles. The van der Waals surface area contributed by atoms with Gasteiger partial charge in [-0.1, -0.05) is 23.7 Å². The standard InChI is InChI=1S/C19H17ClF2N6O3S/c1-23-18(29)10-7-16(13(22)8-12(10)21)26-19-24-9-11(20)17(27-19)25-14-5-3-4-6-15(14)28-32(2,30)31/h3-9,28H,1-2H3,(H,23,29)(H2,24,25,26,27). The van der Waals surface area contributed by atoms with E-state index in [4.69, 9.17) is 11.6 Å². The second kappa shape index (κ2) is 9.32. The van der Waals surface area contributed by atoms with Crippen LogP contribution in [0.2, 0.25) is 5.02 Å². The van der Waals surface area contributed by atoms with Crippen LogP contribution in [0.15, 0.2) is 42.6 Å². The van der Waals surface area contributed by atoms with E-state index in [1.54, 1.807) is 18.2 Å². The molecule has 32 heavy (non-hydrogen) atoms. The third kappa shape index (κ3) is 5.59. The SMILES string of the molecule is CNC(=O)c1cc(Nc2ncc(Cl)c(Nc3ccccc3NS(C)(=O)=O)n2)c(F)cc1F. The van der Waals surface area contributed by atoms with Gasteiger partial charge in [-0.25, -0.2) is 22.2 Å². The molecule has 3 aromatic rings. The lowest BCUT2D eigenvalue weighted by Crippen LogP contribution is -2.19. The molecule has 0 fully saturated rings. The van der Waals surface area contributed by atoms with Crippen LogP contribution in [-0.2, 0) is 10.0 Å². The smallest absolute Gasteiger partial charge is 0.254 e. The summed E-state index contributed by atoms with van der Waals surface area (Å²) >= 11 is 6.14. The summed E-state index contributed by atoms with van der Waals surface area (Å²) in [5.41, 5.74) is -0.0137. The van der Waals surface area contributed by atoms with Crippen molar-refractivity contribution in [3.63, 3.8) is 0 Å². The summed E-state index contributed by atoms with van der Waals surface area (Å²) < 4.78 is 53.7. The Bertz CT molecular complexity index is 1290. The first kappa shape index (κ1) is 23.2. The minimum absolute atomic E-state index is 0.0842. The number of rotatable bonds is 7. The zero-order valence-electron chi connectivity index (χ0n) is 16.7. The lowest BCUT2D eigenvalue weighted by molar-refractivity contribution is 0.0959. The van der Waals surface area contributed by atoms with Crippen LogP contribution in [0.25, 0.3) is 0 Å². The summed E-state index contributed by atoms with van der Waals surface area (Å²) in [4.78, 5) is 19.9. The van der Waals surface area contributed by atoms with Crippen molar-refractivity contribution < 1.29 is 22.0 Å². The number of carbonyl (C=O) groups is 1. The maximum Gasteiger partial charge on any atom is 0.254 e. The molecule has 0 atom stereocenters. The van der Waals surface area contributed by atoms with Gasteiger partial charge in [-0.2, -0.15) is 4.98 Å². The predicted molar refractivity (Wildman–Crippen MR) is 118 cm³/mol. The maximum absolute atomic E-state index is 14.2. The second-order valence-corrected chi connectivity index (χ2v) is 8.61. The normalized spacial score (nSPS) is 11.0. The Morgan fingerprint density at radius 2 is 1.72 bits per heavy atom. The van der Waals surface area contributed by atoms with Gasteiger partial charge in [0.15, 0.2) is 5.82 Å². The summed E-state index contributed by atoms with van der Waals surface area (Å²) in [5.74, 6) is -2.76. The number of nitrogens with zero attached hydrogens (tertiary/aromatic N) is 2. The minimum atomic E-state index is -3.55. The summed E-state index contributed by atoms with van der Waals surface area (Å²) in [6.07, 6.45) is 2.24. The third-order valence-electron chi connectivity index (χ3n) is 3.99. The Morgan fingerprint density at radius 1 is 1.03 bits per heavy atom. The first-order valence-electron chi connectivity index (χ1n) is 8.92. The molecular formula is C19H17ClF2N6O3S. The largest absolute Gasteiger partial charge is 0.355 e. The Hall–Kier alpha value is -3.51. The van der Waals surface area contributed by atoms with Crippen LogP contribution in [0.1, 0.15) is 10.4 Å². The fourth-order valence-corrected chi connectivity index (χ4v) is 3.31. The molecule has 1 aromatic heterocycles. The summed E-state index contributed by atoms with van der Waals surface area (Å²) in [7, 11) is -2.23. The van der Waals surface area contributed by atoms with E-state index in [9.17, 15) is 22.0 Å². The first-order chi connectivity index (χ1) is 15.1. The molecule has 2 aromatic carbocycles. The van der Waals surface area contributed by atoms with Gasteiger partial charge >= 0.3 is 0 Å². The van der Waals surface area contributed by atoms with Gasteiger partial charge in [0.1, 0.15) is 16.7 Å². The van der Waals surface area contributed by atoms with Gasteiger partial charge in [-0.3, -0.25) is 9.52 Å². The summed E-state index contributed by atoms with van der Waals surface area (Å²) in [6, 6.07) is 7.97. The number of amides is 1. The van der Waals surface area contributed by atoms with Crippen LogP contribution in [0.4, 0.5) is 37.6 Å². The lowest BCUT2D eigenvalue weighted by atomic mass is 10.1.